The molecule has 0 aliphatic rings. The predicted molar refractivity (Wildman–Crippen MR) is 94.8 cm³/mol. The van der Waals surface area contributed by atoms with E-state index in [4.69, 9.17) is 16.0 Å². The quantitative estimate of drug-likeness (QED) is 0.659. The Morgan fingerprint density at radius 3 is 2.61 bits per heavy atom. The fraction of sp³-hybridized carbons (Fsp3) is 0.105. The van der Waals surface area contributed by atoms with Crippen LogP contribution in [0.25, 0.3) is 17.0 Å². The number of fused-ring (bicyclic) bond motifs is 1. The van der Waals surface area contributed by atoms with Crippen LogP contribution in [0.5, 0.6) is 0 Å². The van der Waals surface area contributed by atoms with Crippen LogP contribution in [0.15, 0.2) is 53.0 Å². The number of rotatable bonds is 3. The number of hydrogen-bond donors (Lipinski definition) is 1. The number of halogens is 1. The molecule has 0 unspecified atom stereocenters. The van der Waals surface area contributed by atoms with Crippen LogP contribution in [0.4, 0.5) is 5.69 Å². The number of hydrogen-bond acceptors (Lipinski definition) is 2. The highest BCUT2D eigenvalue weighted by Crippen LogP contribution is 2.24. The number of para-hydroxylation sites is 1. The van der Waals surface area contributed by atoms with Gasteiger partial charge in [0.05, 0.1) is 0 Å². The highest BCUT2D eigenvalue weighted by Gasteiger charge is 2.06. The number of carbonyl (C=O) groups excluding carboxylic acids is 1. The average molecular weight is 326 g/mol. The van der Waals surface area contributed by atoms with E-state index in [9.17, 15) is 4.79 Å². The topological polar surface area (TPSA) is 42.2 Å². The van der Waals surface area contributed by atoms with Crippen LogP contribution in [0, 0.1) is 13.8 Å². The lowest BCUT2D eigenvalue weighted by molar-refractivity contribution is -0.111. The van der Waals surface area contributed by atoms with E-state index in [2.05, 4.69) is 5.32 Å². The summed E-state index contributed by atoms with van der Waals surface area (Å²) in [4.78, 5) is 12.1. The summed E-state index contributed by atoms with van der Waals surface area (Å²) < 4.78 is 5.65. The third kappa shape index (κ3) is 3.46. The summed E-state index contributed by atoms with van der Waals surface area (Å²) in [7, 11) is 0. The van der Waals surface area contributed by atoms with Crippen molar-refractivity contribution >= 4 is 40.2 Å². The SMILES string of the molecule is Cc1cccc(C)c1NC(=O)C=Cc1cc2cc(Cl)ccc2o1. The molecule has 0 atom stereocenters. The molecule has 1 aromatic heterocycles. The Morgan fingerprint density at radius 2 is 1.87 bits per heavy atom. The molecule has 3 aromatic rings. The Labute approximate surface area is 139 Å². The molecule has 1 heterocycles. The summed E-state index contributed by atoms with van der Waals surface area (Å²) in [6, 6.07) is 13.2. The second-order valence-corrected chi connectivity index (χ2v) is 5.86. The number of anilines is 1. The normalized spacial score (nSPS) is 11.3. The van der Waals surface area contributed by atoms with Gasteiger partial charge in [0.2, 0.25) is 5.91 Å². The Morgan fingerprint density at radius 1 is 1.13 bits per heavy atom. The van der Waals surface area contributed by atoms with E-state index in [0.29, 0.717) is 10.8 Å². The van der Waals surface area contributed by atoms with Gasteiger partial charge in [-0.25, -0.2) is 0 Å². The van der Waals surface area contributed by atoms with Crippen LogP contribution in [-0.4, -0.2) is 5.91 Å². The van der Waals surface area contributed by atoms with E-state index in [1.807, 2.05) is 50.2 Å². The number of carbonyl (C=O) groups is 1. The van der Waals surface area contributed by atoms with E-state index in [1.54, 1.807) is 12.1 Å². The highest BCUT2D eigenvalue weighted by molar-refractivity contribution is 6.31. The van der Waals surface area contributed by atoms with E-state index in [1.165, 1.54) is 6.08 Å². The van der Waals surface area contributed by atoms with Crippen LogP contribution in [0.1, 0.15) is 16.9 Å². The first-order valence-electron chi connectivity index (χ1n) is 7.27. The highest BCUT2D eigenvalue weighted by atomic mass is 35.5. The second kappa shape index (κ2) is 6.31. The predicted octanol–water partition coefficient (Wildman–Crippen LogP) is 5.35. The molecule has 0 bridgehead atoms. The molecular formula is C19H16ClNO2. The van der Waals surface area contributed by atoms with Crippen molar-refractivity contribution in [1.82, 2.24) is 0 Å². The molecule has 0 fully saturated rings. The van der Waals surface area contributed by atoms with Gasteiger partial charge in [-0.15, -0.1) is 0 Å². The van der Waals surface area contributed by atoms with E-state index < -0.39 is 0 Å². The lowest BCUT2D eigenvalue weighted by Gasteiger charge is -2.09. The largest absolute Gasteiger partial charge is 0.457 e. The van der Waals surface area contributed by atoms with Crippen LogP contribution in [-0.2, 0) is 4.79 Å². The molecule has 0 spiro atoms. The Hall–Kier alpha value is -2.52. The van der Waals surface area contributed by atoms with Gasteiger partial charge in [-0.2, -0.15) is 0 Å². The van der Waals surface area contributed by atoms with Crippen LogP contribution < -0.4 is 5.32 Å². The zero-order valence-electron chi connectivity index (χ0n) is 12.9. The number of aryl methyl sites for hydroxylation is 2. The average Bonchev–Trinajstić information content (AvgIpc) is 2.91. The zero-order chi connectivity index (χ0) is 16.4. The van der Waals surface area contributed by atoms with Gasteiger partial charge in [0.15, 0.2) is 0 Å². The van der Waals surface area contributed by atoms with Gasteiger partial charge in [-0.1, -0.05) is 29.8 Å². The maximum absolute atomic E-state index is 12.1. The van der Waals surface area contributed by atoms with Gasteiger partial charge in [-0.3, -0.25) is 4.79 Å². The van der Waals surface area contributed by atoms with Crippen LogP contribution >= 0.6 is 11.6 Å². The van der Waals surface area contributed by atoms with E-state index in [-0.39, 0.29) is 5.91 Å². The third-order valence-electron chi connectivity index (χ3n) is 3.63. The van der Waals surface area contributed by atoms with Gasteiger partial charge < -0.3 is 9.73 Å². The number of nitrogens with one attached hydrogen (secondary N) is 1. The van der Waals surface area contributed by atoms with Crippen molar-refractivity contribution in [3.8, 4) is 0 Å². The summed E-state index contributed by atoms with van der Waals surface area (Å²) in [5.41, 5.74) is 3.65. The summed E-state index contributed by atoms with van der Waals surface area (Å²) in [6.45, 7) is 3.94. The lowest BCUT2D eigenvalue weighted by atomic mass is 10.1. The number of amides is 1. The third-order valence-corrected chi connectivity index (χ3v) is 3.86. The smallest absolute Gasteiger partial charge is 0.248 e. The molecular weight excluding hydrogens is 310 g/mol. The Kier molecular flexibility index (Phi) is 4.22. The molecule has 0 saturated heterocycles. The minimum atomic E-state index is -0.194. The first-order chi connectivity index (χ1) is 11.0. The maximum atomic E-state index is 12.1. The minimum Gasteiger partial charge on any atom is -0.457 e. The van der Waals surface area contributed by atoms with Gasteiger partial charge in [0.25, 0.3) is 0 Å². The molecule has 3 nitrogen and oxygen atoms in total. The lowest BCUT2D eigenvalue weighted by Crippen LogP contribution is -2.10. The Bertz CT molecular complexity index is 889. The molecule has 3 rings (SSSR count). The molecule has 0 aliphatic heterocycles. The first kappa shape index (κ1) is 15.4. The van der Waals surface area contributed by atoms with Crippen molar-refractivity contribution in [2.24, 2.45) is 0 Å². The van der Waals surface area contributed by atoms with Crippen molar-refractivity contribution in [1.29, 1.82) is 0 Å². The van der Waals surface area contributed by atoms with Crippen LogP contribution in [0.2, 0.25) is 5.02 Å². The molecule has 1 N–H and O–H groups in total. The number of benzene rings is 2. The molecule has 116 valence electrons. The molecule has 23 heavy (non-hydrogen) atoms. The van der Waals surface area contributed by atoms with E-state index in [0.717, 1.165) is 27.8 Å². The van der Waals surface area contributed by atoms with Crippen molar-refractivity contribution in [2.45, 2.75) is 13.8 Å². The van der Waals surface area contributed by atoms with Crippen molar-refractivity contribution < 1.29 is 9.21 Å². The molecule has 2 aromatic carbocycles. The zero-order valence-corrected chi connectivity index (χ0v) is 13.6. The minimum absolute atomic E-state index is 0.194. The fourth-order valence-corrected chi connectivity index (χ4v) is 2.63. The summed E-state index contributed by atoms with van der Waals surface area (Å²) in [6.07, 6.45) is 3.11. The Balaban J connectivity index is 1.77. The summed E-state index contributed by atoms with van der Waals surface area (Å²) in [5, 5.41) is 4.47. The summed E-state index contributed by atoms with van der Waals surface area (Å²) >= 11 is 5.95. The van der Waals surface area contributed by atoms with Crippen LogP contribution in [0.3, 0.4) is 0 Å². The fourth-order valence-electron chi connectivity index (χ4n) is 2.45. The maximum Gasteiger partial charge on any atom is 0.248 e. The van der Waals surface area contributed by atoms with E-state index >= 15 is 0 Å². The second-order valence-electron chi connectivity index (χ2n) is 5.42. The van der Waals surface area contributed by atoms with Gasteiger partial charge in [0.1, 0.15) is 11.3 Å². The molecule has 0 aliphatic carbocycles. The first-order valence-corrected chi connectivity index (χ1v) is 7.65. The van der Waals surface area contributed by atoms with Crippen molar-refractivity contribution in [3.63, 3.8) is 0 Å². The summed E-state index contributed by atoms with van der Waals surface area (Å²) in [5.74, 6) is 0.416. The molecule has 4 heteroatoms. The van der Waals surface area contributed by atoms with Gasteiger partial charge in [0, 0.05) is 22.2 Å². The molecule has 1 amide bonds. The van der Waals surface area contributed by atoms with Gasteiger partial charge >= 0.3 is 0 Å². The number of furan rings is 1. The molecule has 0 saturated carbocycles. The van der Waals surface area contributed by atoms with Gasteiger partial charge in [-0.05, 0) is 55.3 Å². The van der Waals surface area contributed by atoms with Crippen molar-refractivity contribution in [2.75, 3.05) is 5.32 Å². The van der Waals surface area contributed by atoms with Crippen molar-refractivity contribution in [3.05, 3.63) is 70.5 Å². The standard InChI is InChI=1S/C19H16ClNO2/c1-12-4-3-5-13(2)19(12)21-18(22)9-7-16-11-14-10-15(20)6-8-17(14)23-16/h3-11H,1-2H3,(H,21,22). The molecule has 0 radical (unpaired) electrons. The monoisotopic (exact) mass is 325 g/mol.